The molecule has 5 heteroatoms. The Labute approximate surface area is 368 Å². The summed E-state index contributed by atoms with van der Waals surface area (Å²) in [5, 5.41) is 8.11. The van der Waals surface area contributed by atoms with E-state index in [-0.39, 0.29) is 5.41 Å². The molecule has 4 heterocycles. The van der Waals surface area contributed by atoms with Crippen LogP contribution in [0.25, 0.3) is 122 Å². The second-order valence-electron chi connectivity index (χ2n) is 17.7. The van der Waals surface area contributed by atoms with E-state index >= 15 is 0 Å². The molecule has 0 radical (unpaired) electrons. The number of rotatable bonds is 4. The summed E-state index contributed by atoms with van der Waals surface area (Å²) in [7, 11) is 0. The minimum Gasteiger partial charge on any atom is -0.455 e. The van der Waals surface area contributed by atoms with Crippen LogP contribution in [-0.2, 0) is 5.41 Å². The smallest absolute Gasteiger partial charge is 0.235 e. The van der Waals surface area contributed by atoms with Crippen LogP contribution in [0.3, 0.4) is 0 Å². The van der Waals surface area contributed by atoms with Crippen molar-refractivity contribution in [2.24, 2.45) is 0 Å². The fourth-order valence-corrected chi connectivity index (χ4v) is 11.2. The quantitative estimate of drug-likeness (QED) is 0.178. The van der Waals surface area contributed by atoms with Crippen molar-refractivity contribution in [3.05, 3.63) is 205 Å². The van der Waals surface area contributed by atoms with Crippen LogP contribution in [0.4, 0.5) is 0 Å². The van der Waals surface area contributed by atoms with Gasteiger partial charge >= 0.3 is 0 Å². The van der Waals surface area contributed by atoms with Gasteiger partial charge in [-0.15, -0.1) is 0 Å². The first-order chi connectivity index (χ1) is 31.5. The molecule has 0 bridgehead atoms. The largest absolute Gasteiger partial charge is 0.455 e. The maximum atomic E-state index is 6.54. The Balaban J connectivity index is 1.12. The summed E-state index contributed by atoms with van der Waals surface area (Å²) in [6, 6.07) is 69.4. The first-order valence-electron chi connectivity index (χ1n) is 22.0. The standard InChI is InChI=1S/C59H38N4O/c1-59(2)45-29-11-6-23-41(45)50-53(59)51-43-25-8-13-31-47(43)62(37-20-4-3-5-21-37)55(51)52-44-26-9-14-32-48(44)63(56(50)52)58-60-46-30-12-7-24-42(46)54(61-58)36-19-16-18-35(34-36)38-27-17-28-40-39-22-10-15-33-49(39)64-57(38)40/h3-34H,1-2H3. The SMILES string of the molecule is CC1(C)c2ccccc2-c2c1c1c3ccccc3n(-c3ccccc3)c1c1c3ccccc3n(-c3nc(-c4cccc(-c5cccc6c5oc5ccccc56)c4)c4ccccc4n3)c21. The zero-order chi connectivity index (χ0) is 42.3. The van der Waals surface area contributed by atoms with Gasteiger partial charge in [0, 0.05) is 65.5 Å². The van der Waals surface area contributed by atoms with Gasteiger partial charge in [0.1, 0.15) is 11.2 Å². The van der Waals surface area contributed by atoms with Crippen LogP contribution < -0.4 is 0 Å². The average molecular weight is 819 g/mol. The molecule has 64 heavy (non-hydrogen) atoms. The molecule has 0 atom stereocenters. The lowest BCUT2D eigenvalue weighted by Gasteiger charge is -2.23. The highest BCUT2D eigenvalue weighted by molar-refractivity contribution is 6.31. The molecule has 1 aliphatic rings. The van der Waals surface area contributed by atoms with Crippen LogP contribution in [0.15, 0.2) is 199 Å². The molecule has 0 saturated heterocycles. The molecule has 5 nitrogen and oxygen atoms in total. The number of hydrogen-bond acceptors (Lipinski definition) is 3. The minimum atomic E-state index is -0.302. The molecule has 4 aromatic heterocycles. The lowest BCUT2D eigenvalue weighted by Crippen LogP contribution is -2.15. The van der Waals surface area contributed by atoms with E-state index in [9.17, 15) is 0 Å². The first kappa shape index (κ1) is 35.3. The number of nitrogens with zero attached hydrogens (tertiary/aromatic N) is 4. The van der Waals surface area contributed by atoms with E-state index < -0.39 is 0 Å². The van der Waals surface area contributed by atoms with Crippen LogP contribution in [0.5, 0.6) is 0 Å². The predicted octanol–water partition coefficient (Wildman–Crippen LogP) is 15.4. The van der Waals surface area contributed by atoms with Crippen LogP contribution in [0.2, 0.25) is 0 Å². The Morgan fingerprint density at radius 2 is 1.09 bits per heavy atom. The molecule has 0 N–H and O–H groups in total. The molecule has 300 valence electrons. The predicted molar refractivity (Wildman–Crippen MR) is 264 cm³/mol. The normalized spacial score (nSPS) is 13.3. The van der Waals surface area contributed by atoms with Crippen LogP contribution in [0, 0.1) is 0 Å². The van der Waals surface area contributed by atoms with Gasteiger partial charge in [0.2, 0.25) is 5.95 Å². The maximum Gasteiger partial charge on any atom is 0.235 e. The zero-order valence-electron chi connectivity index (χ0n) is 35.2. The highest BCUT2D eigenvalue weighted by atomic mass is 16.3. The fourth-order valence-electron chi connectivity index (χ4n) is 11.2. The summed E-state index contributed by atoms with van der Waals surface area (Å²) in [5.41, 5.74) is 17.2. The van der Waals surface area contributed by atoms with Gasteiger partial charge in [-0.3, -0.25) is 4.57 Å². The number of furan rings is 1. The minimum absolute atomic E-state index is 0.302. The molecule has 0 fully saturated rings. The van der Waals surface area contributed by atoms with Gasteiger partial charge in [0.25, 0.3) is 0 Å². The summed E-state index contributed by atoms with van der Waals surface area (Å²) < 4.78 is 11.4. The molecule has 13 aromatic rings. The molecule has 0 aliphatic heterocycles. The van der Waals surface area contributed by atoms with Crippen LogP contribution in [-0.4, -0.2) is 19.1 Å². The lowest BCUT2D eigenvalue weighted by molar-refractivity contribution is 0.667. The highest BCUT2D eigenvalue weighted by Gasteiger charge is 2.41. The molecule has 0 amide bonds. The van der Waals surface area contributed by atoms with Gasteiger partial charge in [-0.25, -0.2) is 9.97 Å². The topological polar surface area (TPSA) is 48.8 Å². The molecule has 0 unspecified atom stereocenters. The summed E-state index contributed by atoms with van der Waals surface area (Å²) in [6.07, 6.45) is 0. The van der Waals surface area contributed by atoms with Crippen molar-refractivity contribution >= 4 is 76.5 Å². The van der Waals surface area contributed by atoms with Gasteiger partial charge in [-0.2, -0.15) is 0 Å². The Morgan fingerprint density at radius 3 is 1.94 bits per heavy atom. The Morgan fingerprint density at radius 1 is 0.469 bits per heavy atom. The Bertz CT molecular complexity index is 4110. The molecule has 14 rings (SSSR count). The van der Waals surface area contributed by atoms with E-state index in [0.29, 0.717) is 5.95 Å². The van der Waals surface area contributed by atoms with E-state index in [1.54, 1.807) is 0 Å². The number of benzene rings is 9. The number of para-hydroxylation sites is 6. The van der Waals surface area contributed by atoms with Crippen LogP contribution >= 0.6 is 0 Å². The second-order valence-corrected chi connectivity index (χ2v) is 17.7. The number of aromatic nitrogens is 4. The molecular formula is C59H38N4O. The van der Waals surface area contributed by atoms with E-state index in [1.165, 1.54) is 49.4 Å². The van der Waals surface area contributed by atoms with Crippen molar-refractivity contribution in [1.29, 1.82) is 0 Å². The van der Waals surface area contributed by atoms with E-state index in [1.807, 2.05) is 12.1 Å². The highest BCUT2D eigenvalue weighted by Crippen LogP contribution is 2.58. The summed E-state index contributed by atoms with van der Waals surface area (Å²) in [6.45, 7) is 4.79. The van der Waals surface area contributed by atoms with Gasteiger partial charge in [0.05, 0.1) is 33.3 Å². The van der Waals surface area contributed by atoms with Crippen molar-refractivity contribution in [3.8, 4) is 45.1 Å². The van der Waals surface area contributed by atoms with Crippen molar-refractivity contribution in [1.82, 2.24) is 19.1 Å². The van der Waals surface area contributed by atoms with Crippen molar-refractivity contribution in [3.63, 3.8) is 0 Å². The van der Waals surface area contributed by atoms with E-state index in [0.717, 1.165) is 77.3 Å². The van der Waals surface area contributed by atoms with Crippen LogP contribution in [0.1, 0.15) is 25.0 Å². The van der Waals surface area contributed by atoms with E-state index in [4.69, 9.17) is 14.4 Å². The Hall–Kier alpha value is -8.28. The number of hydrogen-bond donors (Lipinski definition) is 0. The first-order valence-corrected chi connectivity index (χ1v) is 22.0. The third-order valence-electron chi connectivity index (χ3n) is 13.9. The van der Waals surface area contributed by atoms with Crippen molar-refractivity contribution in [2.75, 3.05) is 0 Å². The molecule has 9 aromatic carbocycles. The fraction of sp³-hybridized carbons (Fsp3) is 0.0508. The van der Waals surface area contributed by atoms with Crippen molar-refractivity contribution < 1.29 is 4.42 Å². The zero-order valence-corrected chi connectivity index (χ0v) is 35.2. The summed E-state index contributed by atoms with van der Waals surface area (Å²) >= 11 is 0. The maximum absolute atomic E-state index is 6.54. The molecular weight excluding hydrogens is 781 g/mol. The average Bonchev–Trinajstić information content (AvgIpc) is 4.07. The van der Waals surface area contributed by atoms with Crippen molar-refractivity contribution in [2.45, 2.75) is 19.3 Å². The van der Waals surface area contributed by atoms with Gasteiger partial charge in [-0.05, 0) is 64.7 Å². The summed E-state index contributed by atoms with van der Waals surface area (Å²) in [5.74, 6) is 0.635. The van der Waals surface area contributed by atoms with E-state index in [2.05, 4.69) is 205 Å². The van der Waals surface area contributed by atoms with Gasteiger partial charge in [0.15, 0.2) is 0 Å². The molecule has 1 aliphatic carbocycles. The molecule has 0 saturated carbocycles. The Kier molecular flexibility index (Phi) is 7.11. The third-order valence-corrected chi connectivity index (χ3v) is 13.9. The second kappa shape index (κ2) is 12.9. The third kappa shape index (κ3) is 4.67. The summed E-state index contributed by atoms with van der Waals surface area (Å²) in [4.78, 5) is 11.2. The van der Waals surface area contributed by atoms with Gasteiger partial charge in [-0.1, -0.05) is 166 Å². The monoisotopic (exact) mass is 818 g/mol. The lowest BCUT2D eigenvalue weighted by atomic mass is 9.80. The number of fused-ring (bicyclic) bond motifs is 16. The van der Waals surface area contributed by atoms with Gasteiger partial charge < -0.3 is 8.98 Å². The molecule has 0 spiro atoms.